The second-order valence-corrected chi connectivity index (χ2v) is 6.51. The van der Waals surface area contributed by atoms with Crippen LogP contribution in [0.3, 0.4) is 0 Å². The summed E-state index contributed by atoms with van der Waals surface area (Å²) in [5, 5.41) is 7.64. The number of rotatable bonds is 6. The fraction of sp³-hybridized carbons (Fsp3) is 0.158. The summed E-state index contributed by atoms with van der Waals surface area (Å²) >= 11 is 11.6. The van der Waals surface area contributed by atoms with Crippen LogP contribution in [0.15, 0.2) is 42.5 Å². The Morgan fingerprint density at radius 1 is 0.862 bits per heavy atom. The first kappa shape index (κ1) is 22.2. The Bertz CT molecular complexity index is 912. The quantitative estimate of drug-likeness (QED) is 0.474. The highest BCUT2D eigenvalue weighted by Gasteiger charge is 2.15. The predicted molar refractivity (Wildman–Crippen MR) is 109 cm³/mol. The van der Waals surface area contributed by atoms with E-state index in [9.17, 15) is 19.2 Å². The van der Waals surface area contributed by atoms with Crippen molar-refractivity contribution in [3.8, 4) is 0 Å². The topological polar surface area (TPSA) is 114 Å². The van der Waals surface area contributed by atoms with Gasteiger partial charge >= 0.3 is 17.8 Å². The average Bonchev–Trinajstić information content (AvgIpc) is 2.66. The first-order valence-corrected chi connectivity index (χ1v) is 9.16. The van der Waals surface area contributed by atoms with Crippen LogP contribution in [0.1, 0.15) is 17.3 Å². The maximum absolute atomic E-state index is 11.9. The van der Waals surface area contributed by atoms with Crippen molar-refractivity contribution in [3.05, 3.63) is 58.1 Å². The summed E-state index contributed by atoms with van der Waals surface area (Å²) in [6.45, 7) is 1.53. The van der Waals surface area contributed by atoms with Crippen LogP contribution in [0.5, 0.6) is 0 Å². The molecule has 0 saturated carbocycles. The number of nitrogens with one attached hydrogen (secondary N) is 3. The lowest BCUT2D eigenvalue weighted by Crippen LogP contribution is -2.39. The van der Waals surface area contributed by atoms with Gasteiger partial charge in [0, 0.05) is 21.4 Å². The summed E-state index contributed by atoms with van der Waals surface area (Å²) in [4.78, 5) is 47.2. The van der Waals surface area contributed by atoms with E-state index < -0.39 is 30.2 Å². The monoisotopic (exact) mass is 437 g/mol. The van der Waals surface area contributed by atoms with Gasteiger partial charge in [0.2, 0.25) is 5.91 Å². The van der Waals surface area contributed by atoms with Crippen molar-refractivity contribution in [2.24, 2.45) is 0 Å². The number of ether oxygens (including phenoxy) is 1. The van der Waals surface area contributed by atoms with Crippen LogP contribution < -0.4 is 16.0 Å². The third-order valence-electron chi connectivity index (χ3n) is 3.42. The van der Waals surface area contributed by atoms with Gasteiger partial charge in [0.15, 0.2) is 0 Å². The molecule has 0 saturated heterocycles. The highest BCUT2D eigenvalue weighted by molar-refractivity contribution is 6.40. The lowest BCUT2D eigenvalue weighted by molar-refractivity contribution is -0.136. The van der Waals surface area contributed by atoms with Crippen LogP contribution in [0.4, 0.5) is 11.4 Å². The van der Waals surface area contributed by atoms with Gasteiger partial charge in [-0.2, -0.15) is 0 Å². The number of carbonyl (C=O) groups excluding carboxylic acids is 4. The molecule has 0 unspecified atom stereocenters. The van der Waals surface area contributed by atoms with Crippen LogP contribution in [0.25, 0.3) is 0 Å². The Morgan fingerprint density at radius 3 is 2.07 bits per heavy atom. The van der Waals surface area contributed by atoms with Gasteiger partial charge in [0.1, 0.15) is 0 Å². The van der Waals surface area contributed by atoms with E-state index in [0.29, 0.717) is 21.3 Å². The number of amides is 3. The molecular weight excluding hydrogens is 421 g/mol. The zero-order chi connectivity index (χ0) is 21.4. The highest BCUT2D eigenvalue weighted by atomic mass is 35.5. The zero-order valence-corrected chi connectivity index (χ0v) is 16.8. The lowest BCUT2D eigenvalue weighted by atomic mass is 10.2. The molecule has 29 heavy (non-hydrogen) atoms. The molecule has 0 aliphatic carbocycles. The van der Waals surface area contributed by atoms with Crippen molar-refractivity contribution >= 4 is 58.3 Å². The second-order valence-electron chi connectivity index (χ2n) is 5.64. The maximum atomic E-state index is 11.9. The van der Waals surface area contributed by atoms with Crippen molar-refractivity contribution < 1.29 is 23.9 Å². The Kier molecular flexibility index (Phi) is 7.99. The molecule has 0 fully saturated rings. The number of anilines is 2. The molecule has 0 aliphatic heterocycles. The fourth-order valence-electron chi connectivity index (χ4n) is 2.16. The Hall–Kier alpha value is -3.10. The summed E-state index contributed by atoms with van der Waals surface area (Å²) in [5.74, 6) is -3.01. The van der Waals surface area contributed by atoms with Crippen molar-refractivity contribution in [3.63, 3.8) is 0 Å². The molecule has 0 aliphatic rings. The number of carbonyl (C=O) groups is 4. The largest absolute Gasteiger partial charge is 0.462 e. The minimum Gasteiger partial charge on any atom is -0.462 e. The van der Waals surface area contributed by atoms with Crippen LogP contribution in [0.2, 0.25) is 10.0 Å². The third kappa shape index (κ3) is 7.10. The van der Waals surface area contributed by atoms with Gasteiger partial charge < -0.3 is 20.7 Å². The van der Waals surface area contributed by atoms with Gasteiger partial charge in [-0.05, 0) is 49.4 Å². The standard InChI is InChI=1S/C19H17Cl2N3O5/c1-2-29-19(28)11-3-5-14(6-4-11)23-16(25)10-22-17(26)18(27)24-15-8-12(20)7-13(21)9-15/h3-9H,2,10H2,1H3,(H,22,26)(H,23,25)(H,24,27). The van der Waals surface area contributed by atoms with Gasteiger partial charge in [-0.3, -0.25) is 14.4 Å². The average molecular weight is 438 g/mol. The van der Waals surface area contributed by atoms with Crippen molar-refractivity contribution in [2.45, 2.75) is 6.92 Å². The maximum Gasteiger partial charge on any atom is 0.338 e. The van der Waals surface area contributed by atoms with Crippen LogP contribution in [-0.2, 0) is 19.1 Å². The fourth-order valence-corrected chi connectivity index (χ4v) is 2.69. The molecule has 0 atom stereocenters. The van der Waals surface area contributed by atoms with E-state index >= 15 is 0 Å². The number of benzene rings is 2. The van der Waals surface area contributed by atoms with E-state index in [0.717, 1.165) is 0 Å². The SMILES string of the molecule is CCOC(=O)c1ccc(NC(=O)CNC(=O)C(=O)Nc2cc(Cl)cc(Cl)c2)cc1. The highest BCUT2D eigenvalue weighted by Crippen LogP contribution is 2.22. The first-order chi connectivity index (χ1) is 13.8. The number of esters is 1. The number of hydrogen-bond acceptors (Lipinski definition) is 5. The van der Waals surface area contributed by atoms with Gasteiger partial charge in [0.25, 0.3) is 0 Å². The Labute approximate surface area is 176 Å². The minimum atomic E-state index is -1.01. The van der Waals surface area contributed by atoms with E-state index in [1.54, 1.807) is 6.92 Å². The Morgan fingerprint density at radius 2 is 1.48 bits per heavy atom. The molecule has 3 amide bonds. The smallest absolute Gasteiger partial charge is 0.338 e. The van der Waals surface area contributed by atoms with Crippen molar-refractivity contribution in [2.75, 3.05) is 23.8 Å². The summed E-state index contributed by atoms with van der Waals surface area (Å²) in [6.07, 6.45) is 0. The summed E-state index contributed by atoms with van der Waals surface area (Å²) in [5.41, 5.74) is 1.00. The minimum absolute atomic E-state index is 0.244. The molecule has 2 aromatic rings. The van der Waals surface area contributed by atoms with E-state index in [1.165, 1.54) is 42.5 Å². The second kappa shape index (κ2) is 10.4. The normalized spacial score (nSPS) is 10.0. The molecule has 152 valence electrons. The molecular formula is C19H17Cl2N3O5. The number of halogens is 2. The van der Waals surface area contributed by atoms with Gasteiger partial charge in [0.05, 0.1) is 18.7 Å². The zero-order valence-electron chi connectivity index (χ0n) is 15.3. The first-order valence-electron chi connectivity index (χ1n) is 8.40. The lowest BCUT2D eigenvalue weighted by Gasteiger charge is -2.09. The van der Waals surface area contributed by atoms with Gasteiger partial charge in [-0.1, -0.05) is 23.2 Å². The van der Waals surface area contributed by atoms with E-state index in [2.05, 4.69) is 16.0 Å². The molecule has 8 nitrogen and oxygen atoms in total. The molecule has 2 aromatic carbocycles. The predicted octanol–water partition coefficient (Wildman–Crippen LogP) is 2.86. The van der Waals surface area contributed by atoms with Gasteiger partial charge in [-0.25, -0.2) is 4.79 Å². The summed E-state index contributed by atoms with van der Waals surface area (Å²) in [6, 6.07) is 10.3. The summed E-state index contributed by atoms with van der Waals surface area (Å²) < 4.78 is 4.87. The molecule has 0 heterocycles. The van der Waals surface area contributed by atoms with Crippen LogP contribution in [-0.4, -0.2) is 36.8 Å². The molecule has 10 heteroatoms. The molecule has 0 bridgehead atoms. The third-order valence-corrected chi connectivity index (χ3v) is 3.85. The molecule has 0 spiro atoms. The van der Waals surface area contributed by atoms with Crippen molar-refractivity contribution in [1.82, 2.24) is 5.32 Å². The molecule has 0 radical (unpaired) electrons. The van der Waals surface area contributed by atoms with E-state index in [4.69, 9.17) is 27.9 Å². The van der Waals surface area contributed by atoms with Crippen LogP contribution in [0, 0.1) is 0 Å². The van der Waals surface area contributed by atoms with Crippen molar-refractivity contribution in [1.29, 1.82) is 0 Å². The number of hydrogen-bond donors (Lipinski definition) is 3. The Balaban J connectivity index is 1.82. The van der Waals surface area contributed by atoms with E-state index in [1.807, 2.05) is 0 Å². The molecule has 3 N–H and O–H groups in total. The molecule has 0 aromatic heterocycles. The van der Waals surface area contributed by atoms with E-state index in [-0.39, 0.29) is 12.3 Å². The summed E-state index contributed by atoms with van der Waals surface area (Å²) in [7, 11) is 0. The van der Waals surface area contributed by atoms with Crippen LogP contribution >= 0.6 is 23.2 Å². The molecule has 2 rings (SSSR count). The van der Waals surface area contributed by atoms with Gasteiger partial charge in [-0.15, -0.1) is 0 Å².